The third-order valence-electron chi connectivity index (χ3n) is 3.81. The molecule has 3 rings (SSSR count). The van der Waals surface area contributed by atoms with E-state index in [1.165, 1.54) is 21.9 Å². The van der Waals surface area contributed by atoms with E-state index in [4.69, 9.17) is 11.6 Å². The molecule has 1 aliphatic heterocycles. The van der Waals surface area contributed by atoms with Crippen LogP contribution in [0, 0.1) is 11.6 Å². The molecule has 0 radical (unpaired) electrons. The zero-order valence-corrected chi connectivity index (χ0v) is 13.3. The van der Waals surface area contributed by atoms with Crippen LogP contribution >= 0.6 is 11.6 Å². The van der Waals surface area contributed by atoms with E-state index in [-0.39, 0.29) is 31.1 Å². The molecule has 2 aromatic carbocycles. The average molecular weight is 351 g/mol. The molecule has 1 aliphatic rings. The summed E-state index contributed by atoms with van der Waals surface area (Å²) in [5.74, 6) is -3.31. The quantitative estimate of drug-likeness (QED) is 0.835. The van der Waals surface area contributed by atoms with Gasteiger partial charge in [0, 0.05) is 23.8 Å². The Morgan fingerprint density at radius 3 is 2.54 bits per heavy atom. The third kappa shape index (κ3) is 3.10. The van der Waals surface area contributed by atoms with Gasteiger partial charge in [-0.1, -0.05) is 23.7 Å². The van der Waals surface area contributed by atoms with Crippen molar-refractivity contribution in [2.24, 2.45) is 0 Å². The van der Waals surface area contributed by atoms with Gasteiger partial charge in [0.25, 0.3) is 5.91 Å². The summed E-state index contributed by atoms with van der Waals surface area (Å²) in [5, 5.41) is 0.501. The normalized spacial score (nSPS) is 14.9. The zero-order chi connectivity index (χ0) is 17.3. The van der Waals surface area contributed by atoms with Gasteiger partial charge in [-0.2, -0.15) is 0 Å². The Hall–Kier alpha value is -2.47. The first-order chi connectivity index (χ1) is 11.5. The van der Waals surface area contributed by atoms with E-state index in [1.807, 2.05) is 0 Å². The second kappa shape index (κ2) is 6.57. The highest BCUT2D eigenvalue weighted by atomic mass is 35.5. The lowest BCUT2D eigenvalue weighted by molar-refractivity contribution is -0.120. The molecule has 0 unspecified atom stereocenters. The Bertz CT molecular complexity index is 813. The SMILES string of the molecule is O=C(c1cccc(F)c1F)N1CCN(c2cccc(Cl)c2)C(=O)C1. The van der Waals surface area contributed by atoms with Crippen LogP contribution in [0.5, 0.6) is 0 Å². The van der Waals surface area contributed by atoms with Crippen LogP contribution in [0.15, 0.2) is 42.5 Å². The van der Waals surface area contributed by atoms with Crippen LogP contribution in [0.25, 0.3) is 0 Å². The van der Waals surface area contributed by atoms with Crippen LogP contribution in [0.2, 0.25) is 5.02 Å². The van der Waals surface area contributed by atoms with Gasteiger partial charge in [-0.15, -0.1) is 0 Å². The van der Waals surface area contributed by atoms with Gasteiger partial charge in [0.1, 0.15) is 6.54 Å². The fourth-order valence-corrected chi connectivity index (χ4v) is 2.79. The molecule has 2 aromatic rings. The van der Waals surface area contributed by atoms with Crippen molar-refractivity contribution in [1.29, 1.82) is 0 Å². The number of benzene rings is 2. The second-order valence-electron chi connectivity index (χ2n) is 5.35. The number of rotatable bonds is 2. The Morgan fingerprint density at radius 2 is 1.83 bits per heavy atom. The number of anilines is 1. The lowest BCUT2D eigenvalue weighted by Gasteiger charge is -2.34. The Morgan fingerprint density at radius 1 is 1.08 bits per heavy atom. The lowest BCUT2D eigenvalue weighted by atomic mass is 10.1. The molecule has 0 spiro atoms. The van der Waals surface area contributed by atoms with Crippen LogP contribution in [-0.2, 0) is 4.79 Å². The first-order valence-electron chi connectivity index (χ1n) is 7.26. The van der Waals surface area contributed by atoms with Crippen molar-refractivity contribution in [3.8, 4) is 0 Å². The summed E-state index contributed by atoms with van der Waals surface area (Å²) in [7, 11) is 0. The Labute approximate surface area is 142 Å². The second-order valence-corrected chi connectivity index (χ2v) is 5.79. The van der Waals surface area contributed by atoms with E-state index in [9.17, 15) is 18.4 Å². The largest absolute Gasteiger partial charge is 0.327 e. The number of nitrogens with zero attached hydrogens (tertiary/aromatic N) is 2. The molecule has 1 saturated heterocycles. The maximum Gasteiger partial charge on any atom is 0.257 e. The fourth-order valence-electron chi connectivity index (χ4n) is 2.60. The number of hydrogen-bond donors (Lipinski definition) is 0. The monoisotopic (exact) mass is 350 g/mol. The molecule has 0 aromatic heterocycles. The van der Waals surface area contributed by atoms with Crippen molar-refractivity contribution in [2.45, 2.75) is 0 Å². The van der Waals surface area contributed by atoms with E-state index < -0.39 is 17.5 Å². The van der Waals surface area contributed by atoms with Gasteiger partial charge in [0.2, 0.25) is 5.91 Å². The molecule has 7 heteroatoms. The molecule has 0 saturated carbocycles. The van der Waals surface area contributed by atoms with Gasteiger partial charge in [-0.05, 0) is 30.3 Å². The van der Waals surface area contributed by atoms with Gasteiger partial charge in [0.05, 0.1) is 5.56 Å². The first-order valence-corrected chi connectivity index (χ1v) is 7.64. The molecular weight excluding hydrogens is 338 g/mol. The molecule has 24 heavy (non-hydrogen) atoms. The predicted molar refractivity (Wildman–Crippen MR) is 86.1 cm³/mol. The average Bonchev–Trinajstić information content (AvgIpc) is 2.56. The molecule has 124 valence electrons. The van der Waals surface area contributed by atoms with Gasteiger partial charge in [-0.3, -0.25) is 9.59 Å². The van der Waals surface area contributed by atoms with Crippen molar-refractivity contribution in [3.05, 3.63) is 64.7 Å². The molecule has 4 nitrogen and oxygen atoms in total. The van der Waals surface area contributed by atoms with Crippen molar-refractivity contribution >= 4 is 29.1 Å². The maximum atomic E-state index is 13.8. The van der Waals surface area contributed by atoms with E-state index >= 15 is 0 Å². The van der Waals surface area contributed by atoms with Gasteiger partial charge < -0.3 is 9.80 Å². The molecule has 0 aliphatic carbocycles. The Kier molecular flexibility index (Phi) is 4.49. The summed E-state index contributed by atoms with van der Waals surface area (Å²) in [6, 6.07) is 10.2. The summed E-state index contributed by atoms with van der Waals surface area (Å²) in [4.78, 5) is 27.4. The molecule has 0 atom stereocenters. The first kappa shape index (κ1) is 16.4. The summed E-state index contributed by atoms with van der Waals surface area (Å²) in [6.07, 6.45) is 0. The van der Waals surface area contributed by atoms with Gasteiger partial charge >= 0.3 is 0 Å². The van der Waals surface area contributed by atoms with Gasteiger partial charge in [-0.25, -0.2) is 8.78 Å². The number of halogens is 3. The van der Waals surface area contributed by atoms with Crippen LogP contribution in [0.4, 0.5) is 14.5 Å². The van der Waals surface area contributed by atoms with Gasteiger partial charge in [0.15, 0.2) is 11.6 Å². The Balaban J connectivity index is 1.77. The van der Waals surface area contributed by atoms with E-state index in [2.05, 4.69) is 0 Å². The standard InChI is InChI=1S/C17H13ClF2N2O2/c18-11-3-1-4-12(9-11)22-8-7-21(10-15(22)23)17(24)13-5-2-6-14(19)16(13)20/h1-6,9H,7-8,10H2. The third-order valence-corrected chi connectivity index (χ3v) is 4.04. The van der Waals surface area contributed by atoms with E-state index in [0.29, 0.717) is 10.7 Å². The van der Waals surface area contributed by atoms with Crippen LogP contribution < -0.4 is 4.90 Å². The van der Waals surface area contributed by atoms with E-state index in [1.54, 1.807) is 24.3 Å². The van der Waals surface area contributed by atoms with Crippen LogP contribution in [-0.4, -0.2) is 36.3 Å². The molecular formula is C17H13ClF2N2O2. The number of carbonyl (C=O) groups excluding carboxylic acids is 2. The summed E-state index contributed by atoms with van der Waals surface area (Å²) in [5.41, 5.74) is 0.260. The molecule has 2 amide bonds. The number of carbonyl (C=O) groups is 2. The molecule has 1 heterocycles. The fraction of sp³-hybridized carbons (Fsp3) is 0.176. The molecule has 0 bridgehead atoms. The van der Waals surface area contributed by atoms with Crippen LogP contribution in [0.1, 0.15) is 10.4 Å². The minimum Gasteiger partial charge on any atom is -0.327 e. The van der Waals surface area contributed by atoms with Crippen LogP contribution in [0.3, 0.4) is 0 Å². The van der Waals surface area contributed by atoms with Crippen molar-refractivity contribution in [2.75, 3.05) is 24.5 Å². The number of piperazine rings is 1. The van der Waals surface area contributed by atoms with E-state index in [0.717, 1.165) is 6.07 Å². The predicted octanol–water partition coefficient (Wildman–Crippen LogP) is 3.11. The maximum absolute atomic E-state index is 13.8. The summed E-state index contributed by atoms with van der Waals surface area (Å²) in [6.45, 7) is 0.260. The summed E-state index contributed by atoms with van der Waals surface area (Å²) < 4.78 is 27.0. The number of hydrogen-bond acceptors (Lipinski definition) is 2. The van der Waals surface area contributed by atoms with Crippen molar-refractivity contribution < 1.29 is 18.4 Å². The smallest absolute Gasteiger partial charge is 0.257 e. The lowest BCUT2D eigenvalue weighted by Crippen LogP contribution is -2.52. The number of amides is 2. The highest BCUT2D eigenvalue weighted by Gasteiger charge is 2.30. The zero-order valence-electron chi connectivity index (χ0n) is 12.5. The summed E-state index contributed by atoms with van der Waals surface area (Å²) >= 11 is 5.92. The molecule has 1 fully saturated rings. The minimum atomic E-state index is -1.20. The van der Waals surface area contributed by atoms with Crippen molar-refractivity contribution in [3.63, 3.8) is 0 Å². The minimum absolute atomic E-state index is 0.207. The topological polar surface area (TPSA) is 40.6 Å². The highest BCUT2D eigenvalue weighted by Crippen LogP contribution is 2.22. The highest BCUT2D eigenvalue weighted by molar-refractivity contribution is 6.30. The molecule has 0 N–H and O–H groups in total. The van der Waals surface area contributed by atoms with Crippen molar-refractivity contribution in [1.82, 2.24) is 4.90 Å².